The second-order valence-electron chi connectivity index (χ2n) is 4.05. The molecule has 0 saturated carbocycles. The molecule has 0 fully saturated rings. The first-order valence-corrected chi connectivity index (χ1v) is 8.78. The summed E-state index contributed by atoms with van der Waals surface area (Å²) in [5, 5.41) is 0. The van der Waals surface area contributed by atoms with E-state index >= 15 is 0 Å². The largest absolute Gasteiger partial charge is 0.280 e. The van der Waals surface area contributed by atoms with E-state index in [1.807, 2.05) is 19.1 Å². The summed E-state index contributed by atoms with van der Waals surface area (Å²) in [5.41, 5.74) is 1.44. The summed E-state index contributed by atoms with van der Waals surface area (Å²) in [7, 11) is -3.54. The average Bonchev–Trinajstić information content (AvgIpc) is 2.33. The van der Waals surface area contributed by atoms with Gasteiger partial charge in [0.2, 0.25) is 0 Å². The van der Waals surface area contributed by atoms with Crippen LogP contribution in [0.2, 0.25) is 0 Å². The lowest BCUT2D eigenvalue weighted by molar-refractivity contribution is 0.601. The van der Waals surface area contributed by atoms with Crippen LogP contribution in [-0.4, -0.2) is 8.42 Å². The summed E-state index contributed by atoms with van der Waals surface area (Å²) in [6.45, 7) is 1.86. The molecule has 19 heavy (non-hydrogen) atoms. The first kappa shape index (κ1) is 14.8. The van der Waals surface area contributed by atoms with Crippen molar-refractivity contribution < 1.29 is 8.42 Å². The minimum absolute atomic E-state index is 0.266. The molecular formula is C13H11BrINO2S. The highest BCUT2D eigenvalue weighted by atomic mass is 127. The van der Waals surface area contributed by atoms with Crippen LogP contribution in [0.5, 0.6) is 0 Å². The highest BCUT2D eigenvalue weighted by molar-refractivity contribution is 14.1. The van der Waals surface area contributed by atoms with Gasteiger partial charge in [-0.25, -0.2) is 8.42 Å². The highest BCUT2D eigenvalue weighted by Crippen LogP contribution is 2.24. The summed E-state index contributed by atoms with van der Waals surface area (Å²) < 4.78 is 28.9. The van der Waals surface area contributed by atoms with Crippen molar-refractivity contribution in [1.82, 2.24) is 0 Å². The van der Waals surface area contributed by atoms with E-state index in [0.717, 1.165) is 13.6 Å². The molecule has 0 aromatic heterocycles. The molecule has 0 aliphatic heterocycles. The molecule has 2 aromatic carbocycles. The van der Waals surface area contributed by atoms with Crippen LogP contribution in [0, 0.1) is 10.5 Å². The predicted molar refractivity (Wildman–Crippen MR) is 88.8 cm³/mol. The van der Waals surface area contributed by atoms with Gasteiger partial charge in [0.25, 0.3) is 10.0 Å². The lowest BCUT2D eigenvalue weighted by Gasteiger charge is -2.09. The number of hydrogen-bond acceptors (Lipinski definition) is 2. The van der Waals surface area contributed by atoms with Gasteiger partial charge in [-0.1, -0.05) is 12.1 Å². The molecular weight excluding hydrogens is 441 g/mol. The Morgan fingerprint density at radius 1 is 1.16 bits per heavy atom. The zero-order chi connectivity index (χ0) is 14.0. The fraction of sp³-hybridized carbons (Fsp3) is 0.0769. The Labute approximate surface area is 134 Å². The quantitative estimate of drug-likeness (QED) is 0.712. The molecule has 0 saturated heterocycles. The van der Waals surface area contributed by atoms with E-state index in [4.69, 9.17) is 0 Å². The number of anilines is 1. The summed E-state index contributed by atoms with van der Waals surface area (Å²) in [5.74, 6) is 0. The topological polar surface area (TPSA) is 46.2 Å². The van der Waals surface area contributed by atoms with Gasteiger partial charge in [0.1, 0.15) is 0 Å². The Kier molecular flexibility index (Phi) is 4.52. The number of sulfonamides is 1. The van der Waals surface area contributed by atoms with E-state index in [1.54, 1.807) is 30.3 Å². The average molecular weight is 452 g/mol. The number of halogens is 2. The summed E-state index contributed by atoms with van der Waals surface area (Å²) in [4.78, 5) is 0.266. The third-order valence-electron chi connectivity index (χ3n) is 2.47. The van der Waals surface area contributed by atoms with Gasteiger partial charge in [0.05, 0.1) is 10.6 Å². The van der Waals surface area contributed by atoms with Crippen molar-refractivity contribution in [2.24, 2.45) is 0 Å². The van der Waals surface area contributed by atoms with Crippen molar-refractivity contribution in [1.29, 1.82) is 0 Å². The van der Waals surface area contributed by atoms with Crippen molar-refractivity contribution in [2.75, 3.05) is 4.72 Å². The van der Waals surface area contributed by atoms with Crippen molar-refractivity contribution in [3.8, 4) is 0 Å². The van der Waals surface area contributed by atoms with Gasteiger partial charge in [-0.3, -0.25) is 4.72 Å². The van der Waals surface area contributed by atoms with Crippen LogP contribution in [0.4, 0.5) is 5.69 Å². The lowest BCUT2D eigenvalue weighted by Crippen LogP contribution is -2.13. The summed E-state index contributed by atoms with van der Waals surface area (Å²) in [6.07, 6.45) is 0. The van der Waals surface area contributed by atoms with Gasteiger partial charge >= 0.3 is 0 Å². The Morgan fingerprint density at radius 2 is 1.89 bits per heavy atom. The Hall–Kier alpha value is -0.600. The molecule has 1 N–H and O–H groups in total. The van der Waals surface area contributed by atoms with Crippen LogP contribution in [0.3, 0.4) is 0 Å². The van der Waals surface area contributed by atoms with Crippen LogP contribution in [0.1, 0.15) is 5.56 Å². The third-order valence-corrected chi connectivity index (χ3v) is 6.19. The Balaban J connectivity index is 2.33. The van der Waals surface area contributed by atoms with Crippen molar-refractivity contribution in [3.63, 3.8) is 0 Å². The molecule has 0 bridgehead atoms. The van der Waals surface area contributed by atoms with E-state index in [2.05, 4.69) is 43.2 Å². The molecule has 6 heteroatoms. The van der Waals surface area contributed by atoms with Crippen LogP contribution < -0.4 is 4.72 Å². The van der Waals surface area contributed by atoms with Crippen molar-refractivity contribution >= 4 is 54.2 Å². The predicted octanol–water partition coefficient (Wildman–Crippen LogP) is 4.16. The monoisotopic (exact) mass is 451 g/mol. The first-order chi connectivity index (χ1) is 8.88. The zero-order valence-electron chi connectivity index (χ0n) is 10.0. The Bertz CT molecular complexity index is 716. The van der Waals surface area contributed by atoms with Gasteiger partial charge in [0.15, 0.2) is 0 Å². The number of nitrogens with one attached hydrogen (secondary N) is 1. The maximum Gasteiger partial charge on any atom is 0.261 e. The second kappa shape index (κ2) is 5.80. The van der Waals surface area contributed by atoms with Crippen LogP contribution >= 0.6 is 38.5 Å². The van der Waals surface area contributed by atoms with Crippen molar-refractivity contribution in [2.45, 2.75) is 11.8 Å². The number of rotatable bonds is 3. The molecule has 0 radical (unpaired) electrons. The fourth-order valence-electron chi connectivity index (χ4n) is 1.56. The van der Waals surface area contributed by atoms with Gasteiger partial charge in [-0.05, 0) is 81.3 Å². The van der Waals surface area contributed by atoms with Crippen molar-refractivity contribution in [3.05, 3.63) is 56.1 Å². The minimum atomic E-state index is -3.54. The number of benzene rings is 2. The summed E-state index contributed by atoms with van der Waals surface area (Å²) >= 11 is 5.55. The van der Waals surface area contributed by atoms with Crippen LogP contribution in [-0.2, 0) is 10.0 Å². The zero-order valence-corrected chi connectivity index (χ0v) is 14.6. The molecule has 3 nitrogen and oxygen atoms in total. The van der Waals surface area contributed by atoms with Gasteiger partial charge in [0, 0.05) is 8.04 Å². The second-order valence-corrected chi connectivity index (χ2v) is 7.75. The molecule has 0 heterocycles. The fourth-order valence-corrected chi connectivity index (χ4v) is 3.42. The first-order valence-electron chi connectivity index (χ1n) is 5.43. The van der Waals surface area contributed by atoms with E-state index in [1.165, 1.54) is 0 Å². The SMILES string of the molecule is Cc1cccc(S(=O)(=O)Nc2ccc(I)c(Br)c2)c1. The van der Waals surface area contributed by atoms with E-state index in [-0.39, 0.29) is 4.90 Å². The molecule has 100 valence electrons. The van der Waals surface area contributed by atoms with E-state index in [0.29, 0.717) is 5.69 Å². The molecule has 0 unspecified atom stereocenters. The molecule has 2 aromatic rings. The minimum Gasteiger partial charge on any atom is -0.280 e. The Morgan fingerprint density at radius 3 is 2.53 bits per heavy atom. The normalized spacial score (nSPS) is 11.3. The third kappa shape index (κ3) is 3.70. The van der Waals surface area contributed by atoms with E-state index < -0.39 is 10.0 Å². The van der Waals surface area contributed by atoms with Gasteiger partial charge in [-0.2, -0.15) is 0 Å². The standard InChI is InChI=1S/C13H11BrINO2S/c1-9-3-2-4-11(7-9)19(17,18)16-10-5-6-13(15)12(14)8-10/h2-8,16H,1H3. The molecule has 0 amide bonds. The number of hydrogen-bond donors (Lipinski definition) is 1. The van der Waals surface area contributed by atoms with Gasteiger partial charge < -0.3 is 0 Å². The maximum absolute atomic E-state index is 12.2. The number of aryl methyl sites for hydroxylation is 1. The molecule has 0 aliphatic rings. The van der Waals surface area contributed by atoms with Gasteiger partial charge in [-0.15, -0.1) is 0 Å². The van der Waals surface area contributed by atoms with E-state index in [9.17, 15) is 8.42 Å². The van der Waals surface area contributed by atoms with Crippen LogP contribution in [0.15, 0.2) is 51.8 Å². The smallest absolute Gasteiger partial charge is 0.261 e. The van der Waals surface area contributed by atoms with Crippen LogP contribution in [0.25, 0.3) is 0 Å². The molecule has 0 atom stereocenters. The lowest BCUT2D eigenvalue weighted by atomic mass is 10.2. The molecule has 0 spiro atoms. The molecule has 2 rings (SSSR count). The molecule has 0 aliphatic carbocycles. The maximum atomic E-state index is 12.2. The summed E-state index contributed by atoms with van der Waals surface area (Å²) in [6, 6.07) is 12.1. The highest BCUT2D eigenvalue weighted by Gasteiger charge is 2.14.